The molecule has 0 aliphatic carbocycles. The highest BCUT2D eigenvalue weighted by Gasteiger charge is 2.18. The molecular weight excluding hydrogens is 248 g/mol. The van der Waals surface area contributed by atoms with E-state index in [0.29, 0.717) is 5.56 Å². The molecule has 0 aliphatic heterocycles. The molecule has 0 bridgehead atoms. The lowest BCUT2D eigenvalue weighted by Crippen LogP contribution is -2.08. The first kappa shape index (κ1) is 13.2. The minimum atomic E-state index is -3.72. The summed E-state index contributed by atoms with van der Waals surface area (Å²) in [6.45, 7) is 5.29. The third-order valence-electron chi connectivity index (χ3n) is 1.99. The van der Waals surface area contributed by atoms with Crippen molar-refractivity contribution in [3.63, 3.8) is 0 Å². The Balaban J connectivity index is 3.34. The van der Waals surface area contributed by atoms with Gasteiger partial charge in [-0.05, 0) is 24.1 Å². The van der Waals surface area contributed by atoms with Gasteiger partial charge in [0.05, 0.1) is 6.61 Å². The summed E-state index contributed by atoms with van der Waals surface area (Å²) in [7, 11) is -3.72. The number of alkyl halides is 1. The molecule has 1 aromatic rings. The highest BCUT2D eigenvalue weighted by Crippen LogP contribution is 2.21. The van der Waals surface area contributed by atoms with Crippen LogP contribution in [0.15, 0.2) is 29.7 Å². The van der Waals surface area contributed by atoms with Crippen LogP contribution in [0.5, 0.6) is 0 Å². The highest BCUT2D eigenvalue weighted by molar-refractivity contribution is 7.86. The number of benzene rings is 1. The summed E-state index contributed by atoms with van der Waals surface area (Å²) in [6, 6.07) is 4.93. The molecule has 0 radical (unpaired) electrons. The molecule has 1 aromatic carbocycles. The third-order valence-corrected chi connectivity index (χ3v) is 3.74. The van der Waals surface area contributed by atoms with Crippen molar-refractivity contribution in [2.24, 2.45) is 0 Å². The lowest BCUT2D eigenvalue weighted by molar-refractivity contribution is 0.338. The van der Waals surface area contributed by atoms with E-state index in [-0.39, 0.29) is 17.4 Å². The molecule has 16 heavy (non-hydrogen) atoms. The molecule has 0 saturated carbocycles. The molecule has 1 rings (SSSR count). The number of hydrogen-bond donors (Lipinski definition) is 0. The van der Waals surface area contributed by atoms with E-state index in [1.165, 1.54) is 12.1 Å². The predicted molar refractivity (Wildman–Crippen MR) is 64.9 cm³/mol. The van der Waals surface area contributed by atoms with Crippen molar-refractivity contribution < 1.29 is 12.6 Å². The summed E-state index contributed by atoms with van der Waals surface area (Å²) in [5, 5.41) is 0. The van der Waals surface area contributed by atoms with Gasteiger partial charge in [0.1, 0.15) is 4.90 Å². The van der Waals surface area contributed by atoms with Gasteiger partial charge in [-0.2, -0.15) is 8.42 Å². The molecule has 0 heterocycles. The van der Waals surface area contributed by atoms with Gasteiger partial charge >= 0.3 is 0 Å². The van der Waals surface area contributed by atoms with E-state index in [9.17, 15) is 8.42 Å². The Morgan fingerprint density at radius 2 is 2.19 bits per heavy atom. The van der Waals surface area contributed by atoms with Crippen LogP contribution >= 0.6 is 11.6 Å². The topological polar surface area (TPSA) is 43.4 Å². The normalized spacial score (nSPS) is 11.4. The van der Waals surface area contributed by atoms with E-state index in [1.807, 2.05) is 0 Å². The molecule has 0 N–H and O–H groups in total. The Hall–Kier alpha value is -0.840. The van der Waals surface area contributed by atoms with Crippen LogP contribution in [0.25, 0.3) is 6.08 Å². The first-order valence-corrected chi connectivity index (χ1v) is 6.70. The number of rotatable bonds is 5. The van der Waals surface area contributed by atoms with Gasteiger partial charge in [-0.1, -0.05) is 24.8 Å². The van der Waals surface area contributed by atoms with E-state index < -0.39 is 10.1 Å². The molecule has 5 heteroatoms. The lowest BCUT2D eigenvalue weighted by Gasteiger charge is -2.08. The van der Waals surface area contributed by atoms with Crippen molar-refractivity contribution in [2.45, 2.75) is 17.7 Å². The van der Waals surface area contributed by atoms with Gasteiger partial charge < -0.3 is 0 Å². The second kappa shape index (κ2) is 5.48. The van der Waals surface area contributed by atoms with Gasteiger partial charge in [-0.3, -0.25) is 4.18 Å². The van der Waals surface area contributed by atoms with E-state index in [2.05, 4.69) is 6.58 Å². The van der Waals surface area contributed by atoms with Crippen molar-refractivity contribution in [1.29, 1.82) is 0 Å². The first-order chi connectivity index (χ1) is 7.55. The Labute approximate surface area is 101 Å². The fourth-order valence-corrected chi connectivity index (χ4v) is 2.60. The van der Waals surface area contributed by atoms with Crippen LogP contribution in [0.2, 0.25) is 0 Å². The maximum atomic E-state index is 11.8. The van der Waals surface area contributed by atoms with Crippen LogP contribution in [-0.4, -0.2) is 15.0 Å². The average Bonchev–Trinajstić information content (AvgIpc) is 2.28. The minimum Gasteiger partial charge on any atom is -0.267 e. The van der Waals surface area contributed by atoms with Crippen molar-refractivity contribution in [2.75, 3.05) is 6.61 Å². The fraction of sp³-hybridized carbons (Fsp3) is 0.273. The highest BCUT2D eigenvalue weighted by atomic mass is 35.5. The Morgan fingerprint density at radius 1 is 1.50 bits per heavy atom. The van der Waals surface area contributed by atoms with Gasteiger partial charge in [0.2, 0.25) is 0 Å². The summed E-state index contributed by atoms with van der Waals surface area (Å²) in [6.07, 6.45) is 1.48. The molecule has 0 atom stereocenters. The van der Waals surface area contributed by atoms with Gasteiger partial charge in [-0.15, -0.1) is 11.6 Å². The summed E-state index contributed by atoms with van der Waals surface area (Å²) in [4.78, 5) is 0.113. The van der Waals surface area contributed by atoms with Gasteiger partial charge in [0.15, 0.2) is 0 Å². The molecule has 88 valence electrons. The zero-order valence-electron chi connectivity index (χ0n) is 8.94. The lowest BCUT2D eigenvalue weighted by atomic mass is 10.1. The van der Waals surface area contributed by atoms with Crippen LogP contribution in [-0.2, 0) is 20.2 Å². The molecule has 0 unspecified atom stereocenters. The van der Waals surface area contributed by atoms with Gasteiger partial charge in [-0.25, -0.2) is 0 Å². The van der Waals surface area contributed by atoms with Crippen LogP contribution in [0, 0.1) is 0 Å². The SMILES string of the molecule is C=Cc1ccc(CCl)cc1S(=O)(=O)OCC. The molecule has 0 amide bonds. The Bertz CT molecular complexity index is 480. The third kappa shape index (κ3) is 2.84. The molecule has 0 fully saturated rings. The maximum absolute atomic E-state index is 11.8. The smallest absolute Gasteiger partial charge is 0.267 e. The summed E-state index contributed by atoms with van der Waals surface area (Å²) < 4.78 is 28.3. The number of hydrogen-bond acceptors (Lipinski definition) is 3. The second-order valence-electron chi connectivity index (χ2n) is 3.07. The van der Waals surface area contributed by atoms with Crippen molar-refractivity contribution >= 4 is 27.8 Å². The van der Waals surface area contributed by atoms with Crippen LogP contribution < -0.4 is 0 Å². The van der Waals surface area contributed by atoms with Crippen molar-refractivity contribution in [3.05, 3.63) is 35.9 Å². The average molecular weight is 261 g/mol. The molecular formula is C11H13ClO3S. The Morgan fingerprint density at radius 3 is 2.69 bits per heavy atom. The zero-order chi connectivity index (χ0) is 12.2. The molecule has 0 aliphatic rings. The van der Waals surface area contributed by atoms with Crippen LogP contribution in [0.3, 0.4) is 0 Å². The van der Waals surface area contributed by atoms with E-state index in [4.69, 9.17) is 15.8 Å². The Kier molecular flexibility index (Phi) is 4.53. The fourth-order valence-electron chi connectivity index (χ4n) is 1.27. The molecule has 0 aromatic heterocycles. The maximum Gasteiger partial charge on any atom is 0.297 e. The standard InChI is InChI=1S/C11H13ClO3S/c1-3-10-6-5-9(8-12)7-11(10)16(13,14)15-4-2/h3,5-7H,1,4,8H2,2H3. The van der Waals surface area contributed by atoms with E-state index in [1.54, 1.807) is 19.1 Å². The van der Waals surface area contributed by atoms with Crippen LogP contribution in [0.4, 0.5) is 0 Å². The largest absolute Gasteiger partial charge is 0.297 e. The van der Waals surface area contributed by atoms with Crippen molar-refractivity contribution in [1.82, 2.24) is 0 Å². The molecule has 0 spiro atoms. The van der Waals surface area contributed by atoms with Crippen LogP contribution in [0.1, 0.15) is 18.1 Å². The van der Waals surface area contributed by atoms with E-state index in [0.717, 1.165) is 5.56 Å². The van der Waals surface area contributed by atoms with Crippen molar-refractivity contribution in [3.8, 4) is 0 Å². The van der Waals surface area contributed by atoms with Gasteiger partial charge in [0, 0.05) is 5.88 Å². The summed E-state index contributed by atoms with van der Waals surface area (Å²) in [5.74, 6) is 0.256. The summed E-state index contributed by atoms with van der Waals surface area (Å²) >= 11 is 5.66. The predicted octanol–water partition coefficient (Wildman–Crippen LogP) is 2.79. The summed E-state index contributed by atoms with van der Waals surface area (Å²) in [5.41, 5.74) is 1.24. The monoisotopic (exact) mass is 260 g/mol. The molecule has 0 saturated heterocycles. The second-order valence-corrected chi connectivity index (χ2v) is 4.92. The molecule has 3 nitrogen and oxygen atoms in total. The number of halogens is 1. The van der Waals surface area contributed by atoms with E-state index >= 15 is 0 Å². The zero-order valence-corrected chi connectivity index (χ0v) is 10.5. The minimum absolute atomic E-state index is 0.101. The quantitative estimate of drug-likeness (QED) is 0.604. The van der Waals surface area contributed by atoms with Gasteiger partial charge in [0.25, 0.3) is 10.1 Å². The first-order valence-electron chi connectivity index (χ1n) is 4.76.